The number of ether oxygens (including phenoxy) is 1. The van der Waals surface area contributed by atoms with Crippen molar-refractivity contribution in [1.82, 2.24) is 0 Å². The van der Waals surface area contributed by atoms with E-state index in [4.69, 9.17) is 9.84 Å². The van der Waals surface area contributed by atoms with E-state index >= 15 is 0 Å². The molecule has 0 saturated heterocycles. The summed E-state index contributed by atoms with van der Waals surface area (Å²) in [5.74, 6) is 2.29. The third kappa shape index (κ3) is 7.24. The molecule has 3 N–H and O–H groups in total. The minimum absolute atomic E-state index is 0.111. The van der Waals surface area contributed by atoms with Crippen molar-refractivity contribution in [2.75, 3.05) is 25.2 Å². The number of ketones is 1. The molecule has 2 rings (SSSR count). The molecule has 0 bridgehead atoms. The molecule has 0 aliphatic heterocycles. The second-order valence-electron chi connectivity index (χ2n) is 7.26. The number of hydrogen-bond donors (Lipinski definition) is 3. The van der Waals surface area contributed by atoms with Gasteiger partial charge in [0.1, 0.15) is 11.5 Å². The molecular formula is C22H32O5S. The van der Waals surface area contributed by atoms with Crippen LogP contribution in [0.25, 0.3) is 0 Å². The van der Waals surface area contributed by atoms with Crippen LogP contribution >= 0.6 is 11.8 Å². The predicted octanol–water partition coefficient (Wildman–Crippen LogP) is 2.62. The number of carbonyl (C=O) groups excluding carboxylic acids is 1. The van der Waals surface area contributed by atoms with Crippen LogP contribution in [0, 0.1) is 11.8 Å². The van der Waals surface area contributed by atoms with Crippen molar-refractivity contribution in [3.05, 3.63) is 42.0 Å². The zero-order valence-corrected chi connectivity index (χ0v) is 17.3. The maximum absolute atomic E-state index is 12.3. The van der Waals surface area contributed by atoms with Gasteiger partial charge in [-0.3, -0.25) is 4.79 Å². The lowest BCUT2D eigenvalue weighted by molar-refractivity contribution is -0.121. The van der Waals surface area contributed by atoms with Crippen LogP contribution in [0.3, 0.4) is 0 Å². The van der Waals surface area contributed by atoms with E-state index in [1.54, 1.807) is 24.9 Å². The minimum Gasteiger partial charge on any atom is -0.497 e. The molecule has 156 valence electrons. The van der Waals surface area contributed by atoms with Gasteiger partial charge in [0, 0.05) is 31.3 Å². The Labute approximate surface area is 171 Å². The van der Waals surface area contributed by atoms with Gasteiger partial charge < -0.3 is 20.1 Å². The lowest BCUT2D eigenvalue weighted by atomic mass is 9.91. The van der Waals surface area contributed by atoms with Gasteiger partial charge in [-0.25, -0.2) is 0 Å². The molecule has 1 aliphatic rings. The first-order chi connectivity index (χ1) is 13.5. The molecule has 0 heterocycles. The summed E-state index contributed by atoms with van der Waals surface area (Å²) in [7, 11) is 1.61. The van der Waals surface area contributed by atoms with Crippen LogP contribution in [-0.2, 0) is 11.2 Å². The zero-order chi connectivity index (χ0) is 20.4. The fourth-order valence-electron chi connectivity index (χ4n) is 3.59. The number of carbonyl (C=O) groups is 1. The fraction of sp³-hybridized carbons (Fsp3) is 0.591. The van der Waals surface area contributed by atoms with Gasteiger partial charge in [-0.15, -0.1) is 0 Å². The highest BCUT2D eigenvalue weighted by Crippen LogP contribution is 2.34. The van der Waals surface area contributed by atoms with E-state index < -0.39 is 12.2 Å². The van der Waals surface area contributed by atoms with Crippen molar-refractivity contribution in [3.8, 4) is 5.75 Å². The molecule has 0 aromatic heterocycles. The Kier molecular flexibility index (Phi) is 10.1. The SMILES string of the molecule is COc1cccc(C[C@H](O)/C=C/[C@H]2[C@H](O)CC(=O)[C@@H]2CCSCCCCO)c1. The first kappa shape index (κ1) is 22.9. The van der Waals surface area contributed by atoms with E-state index in [1.807, 2.05) is 30.3 Å². The molecular weight excluding hydrogens is 376 g/mol. The van der Waals surface area contributed by atoms with Crippen molar-refractivity contribution in [3.63, 3.8) is 0 Å². The second kappa shape index (κ2) is 12.3. The first-order valence-electron chi connectivity index (χ1n) is 9.94. The van der Waals surface area contributed by atoms with Crippen LogP contribution in [0.5, 0.6) is 5.75 Å². The van der Waals surface area contributed by atoms with Gasteiger partial charge in [0.05, 0.1) is 19.3 Å². The summed E-state index contributed by atoms with van der Waals surface area (Å²) in [6.07, 6.45) is 5.35. The van der Waals surface area contributed by atoms with Gasteiger partial charge in [-0.1, -0.05) is 24.3 Å². The molecule has 28 heavy (non-hydrogen) atoms. The second-order valence-corrected chi connectivity index (χ2v) is 8.49. The summed E-state index contributed by atoms with van der Waals surface area (Å²) in [4.78, 5) is 12.3. The Morgan fingerprint density at radius 2 is 2.14 bits per heavy atom. The quantitative estimate of drug-likeness (QED) is 0.364. The topological polar surface area (TPSA) is 87.0 Å². The maximum atomic E-state index is 12.3. The smallest absolute Gasteiger partial charge is 0.139 e. The van der Waals surface area contributed by atoms with Crippen molar-refractivity contribution in [2.45, 2.75) is 44.3 Å². The standard InChI is InChI=1S/C22H32O5S/c1-27-18-6-4-5-16(14-18)13-17(24)7-8-19-20(22(26)15-21(19)25)9-12-28-11-3-2-10-23/h4-8,14,17,19-21,23-25H,2-3,9-13,15H2,1H3/b8-7+/t17-,19-,20-,21-/m1/s1. The van der Waals surface area contributed by atoms with Crippen molar-refractivity contribution in [1.29, 1.82) is 0 Å². The van der Waals surface area contributed by atoms with Crippen LogP contribution in [0.4, 0.5) is 0 Å². The Morgan fingerprint density at radius 3 is 2.89 bits per heavy atom. The fourth-order valence-corrected chi connectivity index (χ4v) is 4.62. The summed E-state index contributed by atoms with van der Waals surface area (Å²) in [5.41, 5.74) is 0.968. The average Bonchev–Trinajstić information content (AvgIpc) is 2.95. The maximum Gasteiger partial charge on any atom is 0.139 e. The number of methoxy groups -OCH3 is 1. The zero-order valence-electron chi connectivity index (χ0n) is 16.5. The number of benzene rings is 1. The van der Waals surface area contributed by atoms with Gasteiger partial charge >= 0.3 is 0 Å². The number of Topliss-reactive ketones (excluding diaryl/α,β-unsaturated/α-hetero) is 1. The summed E-state index contributed by atoms with van der Waals surface area (Å²) >= 11 is 1.78. The average molecular weight is 409 g/mol. The molecule has 1 aromatic rings. The van der Waals surface area contributed by atoms with E-state index in [0.29, 0.717) is 6.42 Å². The number of aliphatic hydroxyl groups is 3. The molecule has 1 aliphatic carbocycles. The molecule has 0 radical (unpaired) electrons. The number of unbranched alkanes of at least 4 members (excludes halogenated alkanes) is 1. The Hall–Kier alpha value is -1.34. The minimum atomic E-state index is -0.677. The summed E-state index contributed by atoms with van der Waals surface area (Å²) in [6.45, 7) is 0.221. The number of rotatable bonds is 12. The van der Waals surface area contributed by atoms with Crippen LogP contribution < -0.4 is 4.74 Å². The molecule has 6 heteroatoms. The molecule has 1 saturated carbocycles. The van der Waals surface area contributed by atoms with Gasteiger partial charge in [0.15, 0.2) is 0 Å². The highest BCUT2D eigenvalue weighted by Gasteiger charge is 2.39. The normalized spacial score (nSPS) is 23.4. The van der Waals surface area contributed by atoms with Crippen molar-refractivity contribution < 1.29 is 24.9 Å². The molecule has 1 fully saturated rings. The Bertz CT molecular complexity index is 633. The summed E-state index contributed by atoms with van der Waals surface area (Å²) < 4.78 is 5.20. The van der Waals surface area contributed by atoms with Crippen LogP contribution in [0.2, 0.25) is 0 Å². The van der Waals surface area contributed by atoms with Crippen molar-refractivity contribution in [2.24, 2.45) is 11.8 Å². The van der Waals surface area contributed by atoms with Crippen LogP contribution in [-0.4, -0.2) is 58.5 Å². The largest absolute Gasteiger partial charge is 0.497 e. The molecule has 4 atom stereocenters. The summed E-state index contributed by atoms with van der Waals surface area (Å²) in [5, 5.41) is 29.4. The number of hydrogen-bond acceptors (Lipinski definition) is 6. The van der Waals surface area contributed by atoms with Crippen LogP contribution in [0.1, 0.15) is 31.2 Å². The molecule has 0 spiro atoms. The molecule has 1 aromatic carbocycles. The molecule has 0 unspecified atom stereocenters. The molecule has 0 amide bonds. The first-order valence-corrected chi connectivity index (χ1v) is 11.1. The number of thioether (sulfide) groups is 1. The lowest BCUT2D eigenvalue weighted by Gasteiger charge is -2.18. The lowest BCUT2D eigenvalue weighted by Crippen LogP contribution is -2.20. The summed E-state index contributed by atoms with van der Waals surface area (Å²) in [6, 6.07) is 7.57. The third-order valence-electron chi connectivity index (χ3n) is 5.14. The van der Waals surface area contributed by atoms with E-state index in [2.05, 4.69) is 0 Å². The van der Waals surface area contributed by atoms with E-state index in [9.17, 15) is 15.0 Å². The Balaban J connectivity index is 1.86. The highest BCUT2D eigenvalue weighted by atomic mass is 32.2. The monoisotopic (exact) mass is 408 g/mol. The van der Waals surface area contributed by atoms with E-state index in [1.165, 1.54) is 0 Å². The third-order valence-corrected chi connectivity index (χ3v) is 6.24. The van der Waals surface area contributed by atoms with Gasteiger partial charge in [-0.2, -0.15) is 11.8 Å². The highest BCUT2D eigenvalue weighted by molar-refractivity contribution is 7.99. The number of aliphatic hydroxyl groups excluding tert-OH is 3. The van der Waals surface area contributed by atoms with E-state index in [0.717, 1.165) is 42.1 Å². The van der Waals surface area contributed by atoms with Gasteiger partial charge in [0.2, 0.25) is 0 Å². The Morgan fingerprint density at radius 1 is 1.32 bits per heavy atom. The van der Waals surface area contributed by atoms with E-state index in [-0.39, 0.29) is 30.6 Å². The molecule has 5 nitrogen and oxygen atoms in total. The van der Waals surface area contributed by atoms with Crippen molar-refractivity contribution >= 4 is 17.5 Å². The van der Waals surface area contributed by atoms with Crippen LogP contribution in [0.15, 0.2) is 36.4 Å². The van der Waals surface area contributed by atoms with Gasteiger partial charge in [-0.05, 0) is 48.5 Å². The predicted molar refractivity (Wildman–Crippen MR) is 113 cm³/mol. The van der Waals surface area contributed by atoms with Gasteiger partial charge in [0.25, 0.3) is 0 Å².